The number of piperazine rings is 1. The van der Waals surface area contributed by atoms with Crippen molar-refractivity contribution >= 4 is 76.1 Å². The number of nitrogens with one attached hydrogen (secondary N) is 9. The van der Waals surface area contributed by atoms with Crippen LogP contribution in [0.5, 0.6) is 0 Å². The average Bonchev–Trinajstić information content (AvgIpc) is 4.23. The molecule has 0 bridgehead atoms. The van der Waals surface area contributed by atoms with Crippen molar-refractivity contribution in [2.75, 3.05) is 119 Å². The Morgan fingerprint density at radius 3 is 1.68 bits per heavy atom. The lowest BCUT2D eigenvalue weighted by atomic mass is 10.3. The van der Waals surface area contributed by atoms with E-state index in [-0.39, 0.29) is 85.2 Å². The molecule has 6 rings (SSSR count). The lowest BCUT2D eigenvalue weighted by molar-refractivity contribution is -0.121. The molecule has 29 nitrogen and oxygen atoms in total. The molecule has 1 aliphatic heterocycles. The highest BCUT2D eigenvalue weighted by molar-refractivity contribution is 6.04. The Balaban J connectivity index is 0.814. The maximum Gasteiger partial charge on any atom is 0.291 e. The van der Waals surface area contributed by atoms with E-state index in [9.17, 15) is 38.4 Å². The topological polar surface area (TPSA) is 339 Å². The van der Waals surface area contributed by atoms with Crippen molar-refractivity contribution in [2.24, 2.45) is 35.2 Å². The van der Waals surface area contributed by atoms with Crippen LogP contribution in [0.15, 0.2) is 49.3 Å². The van der Waals surface area contributed by atoms with Gasteiger partial charge in [0.1, 0.15) is 11.5 Å². The van der Waals surface area contributed by atoms with Gasteiger partial charge < -0.3 is 84.9 Å². The minimum Gasteiger partial charge on any atom is -0.378 e. The number of carbonyl (C=O) groups excluding carboxylic acids is 8. The SMILES string of the molecule is Cn1cc(NC(=O)c2nccn2C)cc1NC(=O)CCC(=O)Nc1cn(C)c(C(=O)Nc2cc(C(=O)NCCC(=O)Nc3cn(C)c(C(=O)NCCC(=O)NCCOCCOCCOCCN4CCNCC4)n3)n(C)c2)n1. The molecule has 0 atom stereocenters. The number of imidazole rings is 3. The number of aryl methyl sites for hydroxylation is 5. The van der Waals surface area contributed by atoms with Gasteiger partial charge in [0.25, 0.3) is 23.6 Å². The summed E-state index contributed by atoms with van der Waals surface area (Å²) in [5.74, 6) is -3.10. The highest BCUT2D eigenvalue weighted by Gasteiger charge is 2.21. The van der Waals surface area contributed by atoms with Crippen LogP contribution in [0.4, 0.5) is 28.8 Å². The standard InChI is InChI=1S/C48H68N18O11/c1-61-16-14-51-42(61)47(73)55-33-27-37(63(3)29-33)60-40(69)7-6-39(68)56-35-31-65(5)44(59-35)48(74)54-32-26-34(62(2)28-32)45(71)52-11-9-41(70)57-36-30-64(4)43(58-36)46(72)53-10-8-38(67)50-15-20-75-22-24-77-25-23-76-21-19-66-17-12-49-13-18-66/h14,16,26-31,49H,6-13,15,17-25H2,1-5H3,(H,50,67)(H,52,71)(H,53,72)(H,54,74)(H,55,73)(H,56,68)(H,57,70)(H,60,69). The zero-order chi connectivity index (χ0) is 55.3. The van der Waals surface area contributed by atoms with Crippen LogP contribution in [-0.2, 0) is 68.6 Å². The summed E-state index contributed by atoms with van der Waals surface area (Å²) in [6.07, 6.45) is 8.70. The second-order valence-electron chi connectivity index (χ2n) is 17.8. The quantitative estimate of drug-likeness (QED) is 0.0259. The summed E-state index contributed by atoms with van der Waals surface area (Å²) in [6, 6.07) is 3.01. The third-order valence-electron chi connectivity index (χ3n) is 11.7. The van der Waals surface area contributed by atoms with Gasteiger partial charge in [0.05, 0.1) is 51.0 Å². The molecule has 0 unspecified atom stereocenters. The second kappa shape index (κ2) is 29.2. The molecule has 416 valence electrons. The van der Waals surface area contributed by atoms with E-state index in [0.717, 1.165) is 32.7 Å². The lowest BCUT2D eigenvalue weighted by Crippen LogP contribution is -2.44. The van der Waals surface area contributed by atoms with Gasteiger partial charge in [0, 0.05) is 157 Å². The molecule has 6 heterocycles. The number of carbonyl (C=O) groups is 8. The van der Waals surface area contributed by atoms with Crippen LogP contribution >= 0.6 is 0 Å². The third kappa shape index (κ3) is 18.5. The van der Waals surface area contributed by atoms with Crippen molar-refractivity contribution in [1.29, 1.82) is 0 Å². The number of rotatable bonds is 30. The smallest absolute Gasteiger partial charge is 0.291 e. The molecule has 0 radical (unpaired) electrons. The summed E-state index contributed by atoms with van der Waals surface area (Å²) in [6.45, 7) is 8.11. The van der Waals surface area contributed by atoms with E-state index in [1.54, 1.807) is 62.8 Å². The van der Waals surface area contributed by atoms with E-state index in [1.165, 1.54) is 44.6 Å². The molecule has 0 aromatic carbocycles. The van der Waals surface area contributed by atoms with Gasteiger partial charge in [-0.3, -0.25) is 43.3 Å². The van der Waals surface area contributed by atoms with Crippen LogP contribution in [-0.4, -0.2) is 182 Å². The van der Waals surface area contributed by atoms with Gasteiger partial charge in [-0.15, -0.1) is 0 Å². The first kappa shape index (κ1) is 58.0. The predicted octanol–water partition coefficient (Wildman–Crippen LogP) is -0.624. The molecule has 0 spiro atoms. The van der Waals surface area contributed by atoms with Gasteiger partial charge in [0.2, 0.25) is 35.3 Å². The van der Waals surface area contributed by atoms with Gasteiger partial charge in [0.15, 0.2) is 17.5 Å². The van der Waals surface area contributed by atoms with Crippen LogP contribution in [0.3, 0.4) is 0 Å². The fourth-order valence-electron chi connectivity index (χ4n) is 7.66. The van der Waals surface area contributed by atoms with Crippen molar-refractivity contribution < 1.29 is 52.6 Å². The number of ether oxygens (including phenoxy) is 3. The van der Waals surface area contributed by atoms with E-state index in [1.807, 2.05) is 0 Å². The summed E-state index contributed by atoms with van der Waals surface area (Å²) in [7, 11) is 8.11. The number of hydrogen-bond donors (Lipinski definition) is 9. The fraction of sp³-hybridized carbons (Fsp3) is 0.479. The Bertz CT molecular complexity index is 2840. The Labute approximate surface area is 443 Å². The normalized spacial score (nSPS) is 12.4. The molecule has 5 aromatic heterocycles. The summed E-state index contributed by atoms with van der Waals surface area (Å²) in [5.41, 5.74) is 0.882. The van der Waals surface area contributed by atoms with Gasteiger partial charge in [-0.1, -0.05) is 0 Å². The summed E-state index contributed by atoms with van der Waals surface area (Å²) in [4.78, 5) is 117. The first-order valence-electron chi connectivity index (χ1n) is 24.9. The van der Waals surface area contributed by atoms with E-state index < -0.39 is 41.4 Å². The van der Waals surface area contributed by atoms with Crippen LogP contribution in [0.2, 0.25) is 0 Å². The maximum atomic E-state index is 13.2. The second-order valence-corrected chi connectivity index (χ2v) is 17.8. The first-order valence-corrected chi connectivity index (χ1v) is 24.9. The van der Waals surface area contributed by atoms with Crippen molar-refractivity contribution in [3.63, 3.8) is 0 Å². The number of hydrogen-bond acceptors (Lipinski definition) is 16. The molecule has 1 aliphatic rings. The highest BCUT2D eigenvalue weighted by Crippen LogP contribution is 2.20. The van der Waals surface area contributed by atoms with Gasteiger partial charge >= 0.3 is 0 Å². The van der Waals surface area contributed by atoms with E-state index in [4.69, 9.17) is 14.2 Å². The fourth-order valence-corrected chi connectivity index (χ4v) is 7.66. The number of anilines is 5. The number of aromatic nitrogens is 8. The average molecular weight is 1070 g/mol. The summed E-state index contributed by atoms with van der Waals surface area (Å²) < 4.78 is 24.1. The molecule has 77 heavy (non-hydrogen) atoms. The Morgan fingerprint density at radius 1 is 0.506 bits per heavy atom. The molecular formula is C48H68N18O11. The molecule has 8 amide bonds. The zero-order valence-corrected chi connectivity index (χ0v) is 43.9. The van der Waals surface area contributed by atoms with Crippen LogP contribution in [0, 0.1) is 0 Å². The first-order chi connectivity index (χ1) is 37.0. The summed E-state index contributed by atoms with van der Waals surface area (Å²) in [5, 5.41) is 24.7. The van der Waals surface area contributed by atoms with Gasteiger partial charge in [-0.25, -0.2) is 15.0 Å². The monoisotopic (exact) mass is 1070 g/mol. The predicted molar refractivity (Wildman–Crippen MR) is 280 cm³/mol. The number of nitrogens with zero attached hydrogens (tertiary/aromatic N) is 9. The van der Waals surface area contributed by atoms with Crippen molar-refractivity contribution in [3.8, 4) is 0 Å². The van der Waals surface area contributed by atoms with Gasteiger partial charge in [-0.2, -0.15) is 0 Å². The van der Waals surface area contributed by atoms with Crippen molar-refractivity contribution in [3.05, 3.63) is 72.5 Å². The van der Waals surface area contributed by atoms with E-state index in [2.05, 4.69) is 67.7 Å². The molecular weight excluding hydrogens is 1000 g/mol. The molecule has 1 saturated heterocycles. The Hall–Kier alpha value is -8.25. The van der Waals surface area contributed by atoms with Crippen molar-refractivity contribution in [1.82, 2.24) is 64.0 Å². The van der Waals surface area contributed by atoms with Crippen molar-refractivity contribution in [2.45, 2.75) is 25.7 Å². The third-order valence-corrected chi connectivity index (χ3v) is 11.7. The van der Waals surface area contributed by atoms with Crippen LogP contribution in [0.1, 0.15) is 68.0 Å². The lowest BCUT2D eigenvalue weighted by Gasteiger charge is -2.26. The zero-order valence-electron chi connectivity index (χ0n) is 43.9. The van der Waals surface area contributed by atoms with Crippen LogP contribution in [0.25, 0.3) is 0 Å². The molecule has 1 fully saturated rings. The maximum absolute atomic E-state index is 13.2. The Morgan fingerprint density at radius 2 is 1.04 bits per heavy atom. The highest BCUT2D eigenvalue weighted by atomic mass is 16.5. The summed E-state index contributed by atoms with van der Waals surface area (Å²) >= 11 is 0. The van der Waals surface area contributed by atoms with Gasteiger partial charge in [-0.05, 0) is 6.07 Å². The number of amides is 8. The Kier molecular flexibility index (Phi) is 22.0. The molecule has 0 aliphatic carbocycles. The van der Waals surface area contributed by atoms with Crippen LogP contribution < -0.4 is 47.9 Å². The van der Waals surface area contributed by atoms with E-state index >= 15 is 0 Å². The molecule has 0 saturated carbocycles. The minimum absolute atomic E-state index is 0.00911. The molecule has 9 N–H and O–H groups in total. The minimum atomic E-state index is -0.637. The van der Waals surface area contributed by atoms with E-state index in [0.29, 0.717) is 57.7 Å². The largest absolute Gasteiger partial charge is 0.378 e. The molecule has 29 heteroatoms. The molecule has 5 aromatic rings.